The number of nitrogens with zero attached hydrogens (tertiary/aromatic N) is 4. The third-order valence-electron chi connectivity index (χ3n) is 1.35. The minimum absolute atomic E-state index is 0.612. The molecule has 0 saturated heterocycles. The van der Waals surface area contributed by atoms with Crippen LogP contribution in [0.3, 0.4) is 0 Å². The molecule has 6 nitrogen and oxygen atoms in total. The van der Waals surface area contributed by atoms with Crippen molar-refractivity contribution in [1.29, 1.82) is 0 Å². The van der Waals surface area contributed by atoms with Gasteiger partial charge in [-0.1, -0.05) is 16.9 Å². The normalized spacial score (nSPS) is 10.5. The van der Waals surface area contributed by atoms with Crippen LogP contribution in [0.5, 0.6) is 0 Å². The molecule has 0 bridgehead atoms. The zero-order chi connectivity index (χ0) is 9.10. The topological polar surface area (TPSA) is 80.5 Å². The number of hydrogen-bond donors (Lipinski definition) is 1. The van der Waals surface area contributed by atoms with E-state index in [1.54, 1.807) is 0 Å². The van der Waals surface area contributed by atoms with Gasteiger partial charge in [-0.05, 0) is 12.1 Å². The molecule has 1 N–H and O–H groups in total. The monoisotopic (exact) mass is 197 g/mol. The number of aromatic nitrogens is 5. The summed E-state index contributed by atoms with van der Waals surface area (Å²) in [7, 11) is 0. The number of aryl methyl sites for hydroxylation is 1. The van der Waals surface area contributed by atoms with Gasteiger partial charge < -0.3 is 4.52 Å². The van der Waals surface area contributed by atoms with Gasteiger partial charge in [0.2, 0.25) is 5.16 Å². The van der Waals surface area contributed by atoms with Crippen LogP contribution in [0.15, 0.2) is 15.7 Å². The van der Waals surface area contributed by atoms with Crippen molar-refractivity contribution in [1.82, 2.24) is 25.8 Å². The minimum Gasteiger partial charge on any atom is -0.361 e. The van der Waals surface area contributed by atoms with Gasteiger partial charge in [-0.15, -0.1) is 10.2 Å². The van der Waals surface area contributed by atoms with E-state index in [0.29, 0.717) is 10.9 Å². The van der Waals surface area contributed by atoms with E-state index in [1.165, 1.54) is 11.8 Å². The zero-order valence-corrected chi connectivity index (χ0v) is 7.71. The fourth-order valence-corrected chi connectivity index (χ4v) is 1.46. The molecule has 0 aromatic carbocycles. The Labute approximate surface area is 78.1 Å². The highest BCUT2D eigenvalue weighted by atomic mass is 32.2. The SMILES string of the molecule is Cc1cc(CSc2nn[nH]n2)no1. The fourth-order valence-electron chi connectivity index (χ4n) is 0.838. The lowest BCUT2D eigenvalue weighted by Gasteiger charge is -1.87. The maximum absolute atomic E-state index is 4.91. The fraction of sp³-hybridized carbons (Fsp3) is 0.333. The maximum Gasteiger partial charge on any atom is 0.231 e. The van der Waals surface area contributed by atoms with E-state index in [0.717, 1.165) is 11.5 Å². The van der Waals surface area contributed by atoms with Gasteiger partial charge in [0.25, 0.3) is 0 Å². The second-order valence-electron chi connectivity index (χ2n) is 2.41. The van der Waals surface area contributed by atoms with Gasteiger partial charge >= 0.3 is 0 Å². The van der Waals surface area contributed by atoms with Crippen LogP contribution in [0.2, 0.25) is 0 Å². The van der Waals surface area contributed by atoms with Gasteiger partial charge in [0.15, 0.2) is 0 Å². The van der Waals surface area contributed by atoms with Crippen LogP contribution in [0.4, 0.5) is 0 Å². The Kier molecular flexibility index (Phi) is 2.26. The molecule has 0 amide bonds. The maximum atomic E-state index is 4.91. The van der Waals surface area contributed by atoms with Crippen molar-refractivity contribution in [2.24, 2.45) is 0 Å². The Hall–Kier alpha value is -1.37. The van der Waals surface area contributed by atoms with Crippen molar-refractivity contribution >= 4 is 11.8 Å². The van der Waals surface area contributed by atoms with E-state index in [1.807, 2.05) is 13.0 Å². The Balaban J connectivity index is 1.93. The smallest absolute Gasteiger partial charge is 0.231 e. The van der Waals surface area contributed by atoms with Gasteiger partial charge in [0.05, 0.1) is 5.69 Å². The number of thioether (sulfide) groups is 1. The van der Waals surface area contributed by atoms with Crippen LogP contribution in [-0.2, 0) is 5.75 Å². The summed E-state index contributed by atoms with van der Waals surface area (Å²) in [5.74, 6) is 1.50. The standard InChI is InChI=1S/C6H7N5OS/c1-4-2-5(9-12-4)3-13-6-7-10-11-8-6/h2H,3H2,1H3,(H,7,8,10,11). The molecule has 0 aliphatic heterocycles. The summed E-state index contributed by atoms with van der Waals surface area (Å²) in [4.78, 5) is 0. The van der Waals surface area contributed by atoms with Crippen LogP contribution in [0.1, 0.15) is 11.5 Å². The molecule has 0 unspecified atom stereocenters. The summed E-state index contributed by atoms with van der Waals surface area (Å²) in [6.45, 7) is 1.86. The van der Waals surface area contributed by atoms with Crippen LogP contribution in [-0.4, -0.2) is 25.8 Å². The Bertz CT molecular complexity index is 370. The van der Waals surface area contributed by atoms with E-state index >= 15 is 0 Å². The highest BCUT2D eigenvalue weighted by Crippen LogP contribution is 2.17. The summed E-state index contributed by atoms with van der Waals surface area (Å²) in [6, 6.07) is 1.88. The molecule has 68 valence electrons. The van der Waals surface area contributed by atoms with E-state index < -0.39 is 0 Å². The third-order valence-corrected chi connectivity index (χ3v) is 2.22. The molecule has 2 rings (SSSR count). The Morgan fingerprint density at radius 2 is 2.54 bits per heavy atom. The quantitative estimate of drug-likeness (QED) is 0.732. The lowest BCUT2D eigenvalue weighted by Crippen LogP contribution is -1.81. The summed E-state index contributed by atoms with van der Waals surface area (Å²) in [5.41, 5.74) is 0.882. The van der Waals surface area contributed by atoms with Crippen molar-refractivity contribution in [3.8, 4) is 0 Å². The summed E-state index contributed by atoms with van der Waals surface area (Å²) in [5, 5.41) is 17.9. The molecule has 7 heteroatoms. The van der Waals surface area contributed by atoms with E-state index in [4.69, 9.17) is 4.52 Å². The number of H-pyrrole nitrogens is 1. The zero-order valence-electron chi connectivity index (χ0n) is 6.89. The van der Waals surface area contributed by atoms with E-state index in [9.17, 15) is 0 Å². The summed E-state index contributed by atoms with van der Waals surface area (Å²) >= 11 is 1.46. The van der Waals surface area contributed by atoms with Crippen molar-refractivity contribution in [3.63, 3.8) is 0 Å². The Morgan fingerprint density at radius 3 is 3.15 bits per heavy atom. The number of tetrazole rings is 1. The van der Waals surface area contributed by atoms with Crippen molar-refractivity contribution < 1.29 is 4.52 Å². The highest BCUT2D eigenvalue weighted by molar-refractivity contribution is 7.98. The first-order valence-corrected chi connectivity index (χ1v) is 4.61. The second-order valence-corrected chi connectivity index (χ2v) is 3.35. The highest BCUT2D eigenvalue weighted by Gasteiger charge is 2.03. The van der Waals surface area contributed by atoms with Gasteiger partial charge in [0, 0.05) is 11.8 Å². The molecule has 0 aliphatic carbocycles. The van der Waals surface area contributed by atoms with Crippen LogP contribution in [0.25, 0.3) is 0 Å². The number of rotatable bonds is 3. The van der Waals surface area contributed by atoms with Gasteiger partial charge in [-0.2, -0.15) is 5.21 Å². The van der Waals surface area contributed by atoms with Crippen LogP contribution in [0, 0.1) is 6.92 Å². The Morgan fingerprint density at radius 1 is 1.62 bits per heavy atom. The molecule has 0 spiro atoms. The van der Waals surface area contributed by atoms with Crippen molar-refractivity contribution in [2.45, 2.75) is 17.8 Å². The van der Waals surface area contributed by atoms with E-state index in [2.05, 4.69) is 25.8 Å². The average molecular weight is 197 g/mol. The first kappa shape index (κ1) is 8.24. The molecule has 0 radical (unpaired) electrons. The van der Waals surface area contributed by atoms with Gasteiger partial charge in [0.1, 0.15) is 5.76 Å². The van der Waals surface area contributed by atoms with Crippen molar-refractivity contribution in [3.05, 3.63) is 17.5 Å². The largest absolute Gasteiger partial charge is 0.361 e. The third kappa shape index (κ3) is 2.05. The second kappa shape index (κ2) is 3.56. The minimum atomic E-state index is 0.612. The molecular weight excluding hydrogens is 190 g/mol. The summed E-state index contributed by atoms with van der Waals surface area (Å²) in [6.07, 6.45) is 0. The number of nitrogens with one attached hydrogen (secondary N) is 1. The molecular formula is C6H7N5OS. The molecule has 2 aromatic heterocycles. The molecule has 2 aromatic rings. The van der Waals surface area contributed by atoms with Crippen molar-refractivity contribution in [2.75, 3.05) is 0 Å². The first-order valence-electron chi connectivity index (χ1n) is 3.63. The predicted molar refractivity (Wildman–Crippen MR) is 45.0 cm³/mol. The lowest BCUT2D eigenvalue weighted by atomic mass is 10.4. The molecule has 0 fully saturated rings. The van der Waals surface area contributed by atoms with Gasteiger partial charge in [-0.3, -0.25) is 0 Å². The molecule has 0 atom stereocenters. The van der Waals surface area contributed by atoms with Crippen LogP contribution < -0.4 is 0 Å². The number of hydrogen-bond acceptors (Lipinski definition) is 6. The lowest BCUT2D eigenvalue weighted by molar-refractivity contribution is 0.393. The first-order chi connectivity index (χ1) is 6.34. The molecule has 13 heavy (non-hydrogen) atoms. The molecule has 2 heterocycles. The molecule has 0 aliphatic rings. The summed E-state index contributed by atoms with van der Waals surface area (Å²) < 4.78 is 4.91. The molecule has 0 saturated carbocycles. The van der Waals surface area contributed by atoms with Crippen LogP contribution >= 0.6 is 11.8 Å². The van der Waals surface area contributed by atoms with E-state index in [-0.39, 0.29) is 0 Å². The van der Waals surface area contributed by atoms with Gasteiger partial charge in [-0.25, -0.2) is 0 Å². The number of aromatic amines is 1. The predicted octanol–water partition coefficient (Wildman–Crippen LogP) is 0.788. The average Bonchev–Trinajstić information content (AvgIpc) is 2.71.